The standard InChI is InChI=1S/C12H22N2O2.ClH/c1-16-11-5-4-10(7-11)14-12(15)9-3-2-6-13-8-9;/h9-11,13H,2-8H2,1H3,(H,14,15);1H. The molecule has 3 unspecified atom stereocenters. The summed E-state index contributed by atoms with van der Waals surface area (Å²) in [5, 5.41) is 6.43. The summed E-state index contributed by atoms with van der Waals surface area (Å²) in [6, 6.07) is 0.333. The van der Waals surface area contributed by atoms with Crippen molar-refractivity contribution in [2.24, 2.45) is 5.92 Å². The van der Waals surface area contributed by atoms with Crippen LogP contribution in [0.1, 0.15) is 32.1 Å². The number of carbonyl (C=O) groups excluding carboxylic acids is 1. The first-order valence-electron chi connectivity index (χ1n) is 6.33. The Morgan fingerprint density at radius 1 is 1.35 bits per heavy atom. The molecule has 1 saturated carbocycles. The molecule has 3 atom stereocenters. The van der Waals surface area contributed by atoms with Crippen LogP contribution < -0.4 is 10.6 Å². The van der Waals surface area contributed by atoms with Crippen molar-refractivity contribution in [1.29, 1.82) is 0 Å². The van der Waals surface area contributed by atoms with Gasteiger partial charge >= 0.3 is 0 Å². The number of halogens is 1. The van der Waals surface area contributed by atoms with Gasteiger partial charge in [-0.1, -0.05) is 0 Å². The second kappa shape index (κ2) is 7.19. The zero-order valence-electron chi connectivity index (χ0n) is 10.4. The Balaban J connectivity index is 0.00000144. The molecule has 100 valence electrons. The molecule has 1 aliphatic heterocycles. The van der Waals surface area contributed by atoms with Crippen molar-refractivity contribution >= 4 is 18.3 Å². The first-order valence-corrected chi connectivity index (χ1v) is 6.33. The van der Waals surface area contributed by atoms with Crippen molar-refractivity contribution in [2.75, 3.05) is 20.2 Å². The third-order valence-corrected chi connectivity index (χ3v) is 3.73. The van der Waals surface area contributed by atoms with E-state index in [4.69, 9.17) is 4.74 Å². The van der Waals surface area contributed by atoms with Gasteiger partial charge in [0.25, 0.3) is 0 Å². The summed E-state index contributed by atoms with van der Waals surface area (Å²) in [5.41, 5.74) is 0. The molecular weight excluding hydrogens is 240 g/mol. The Kier molecular flexibility index (Phi) is 6.23. The molecular formula is C12H23ClN2O2. The van der Waals surface area contributed by atoms with Crippen molar-refractivity contribution in [3.8, 4) is 0 Å². The molecule has 0 aromatic rings. The molecule has 2 rings (SSSR count). The second-order valence-electron chi connectivity index (χ2n) is 4.92. The fourth-order valence-electron chi connectivity index (χ4n) is 2.68. The fourth-order valence-corrected chi connectivity index (χ4v) is 2.68. The van der Waals surface area contributed by atoms with Gasteiger partial charge in [-0.05, 0) is 38.6 Å². The van der Waals surface area contributed by atoms with E-state index >= 15 is 0 Å². The van der Waals surface area contributed by atoms with Gasteiger partial charge in [0.1, 0.15) is 0 Å². The summed E-state index contributed by atoms with van der Waals surface area (Å²) in [6.07, 6.45) is 5.59. The van der Waals surface area contributed by atoms with Crippen LogP contribution in [0.15, 0.2) is 0 Å². The summed E-state index contributed by atoms with van der Waals surface area (Å²) in [4.78, 5) is 12.0. The minimum atomic E-state index is 0. The van der Waals surface area contributed by atoms with Gasteiger partial charge in [-0.25, -0.2) is 0 Å². The number of piperidine rings is 1. The van der Waals surface area contributed by atoms with E-state index in [2.05, 4.69) is 10.6 Å². The molecule has 4 nitrogen and oxygen atoms in total. The average molecular weight is 263 g/mol. The predicted molar refractivity (Wildman–Crippen MR) is 69.4 cm³/mol. The molecule has 2 aliphatic rings. The van der Waals surface area contributed by atoms with E-state index in [1.54, 1.807) is 7.11 Å². The summed E-state index contributed by atoms with van der Waals surface area (Å²) in [5.74, 6) is 0.407. The molecule has 1 amide bonds. The van der Waals surface area contributed by atoms with Crippen molar-refractivity contribution in [3.63, 3.8) is 0 Å². The molecule has 1 saturated heterocycles. The summed E-state index contributed by atoms with van der Waals surface area (Å²) >= 11 is 0. The molecule has 17 heavy (non-hydrogen) atoms. The Labute approximate surface area is 109 Å². The van der Waals surface area contributed by atoms with Gasteiger partial charge in [-0.3, -0.25) is 4.79 Å². The van der Waals surface area contributed by atoms with E-state index in [1.807, 2.05) is 0 Å². The molecule has 2 N–H and O–H groups in total. The molecule has 2 fully saturated rings. The zero-order valence-corrected chi connectivity index (χ0v) is 11.2. The topological polar surface area (TPSA) is 50.4 Å². The SMILES string of the molecule is COC1CCC(NC(=O)C2CCCNC2)C1.Cl. The maximum absolute atomic E-state index is 12.0. The van der Waals surface area contributed by atoms with E-state index in [9.17, 15) is 4.79 Å². The van der Waals surface area contributed by atoms with Gasteiger partial charge in [-0.15, -0.1) is 12.4 Å². The smallest absolute Gasteiger partial charge is 0.224 e. The zero-order chi connectivity index (χ0) is 11.4. The van der Waals surface area contributed by atoms with Crippen LogP contribution in [0.3, 0.4) is 0 Å². The summed E-state index contributed by atoms with van der Waals surface area (Å²) in [6.45, 7) is 1.89. The quantitative estimate of drug-likeness (QED) is 0.801. The minimum Gasteiger partial charge on any atom is -0.381 e. The number of hydrogen-bond donors (Lipinski definition) is 2. The first kappa shape index (κ1) is 14.7. The average Bonchev–Trinajstić information content (AvgIpc) is 2.78. The van der Waals surface area contributed by atoms with E-state index in [1.165, 1.54) is 0 Å². The van der Waals surface area contributed by atoms with Crippen LogP contribution in [0.25, 0.3) is 0 Å². The van der Waals surface area contributed by atoms with Crippen molar-refractivity contribution in [1.82, 2.24) is 10.6 Å². The van der Waals surface area contributed by atoms with Gasteiger partial charge in [0, 0.05) is 19.7 Å². The van der Waals surface area contributed by atoms with Crippen LogP contribution >= 0.6 is 12.4 Å². The van der Waals surface area contributed by atoms with E-state index in [-0.39, 0.29) is 24.2 Å². The van der Waals surface area contributed by atoms with Gasteiger partial charge in [0.2, 0.25) is 5.91 Å². The van der Waals surface area contributed by atoms with Crippen LogP contribution in [0.4, 0.5) is 0 Å². The highest BCUT2D eigenvalue weighted by Crippen LogP contribution is 2.22. The molecule has 0 radical (unpaired) electrons. The number of carbonyl (C=O) groups is 1. The monoisotopic (exact) mass is 262 g/mol. The molecule has 0 aromatic heterocycles. The highest BCUT2D eigenvalue weighted by atomic mass is 35.5. The maximum atomic E-state index is 12.0. The van der Waals surface area contributed by atoms with Crippen LogP contribution in [0.2, 0.25) is 0 Å². The highest BCUT2D eigenvalue weighted by Gasteiger charge is 2.28. The van der Waals surface area contributed by atoms with Gasteiger partial charge in [0.05, 0.1) is 12.0 Å². The van der Waals surface area contributed by atoms with Crippen molar-refractivity contribution < 1.29 is 9.53 Å². The van der Waals surface area contributed by atoms with E-state index in [0.717, 1.165) is 45.2 Å². The second-order valence-corrected chi connectivity index (χ2v) is 4.92. The number of rotatable bonds is 3. The molecule has 1 aliphatic carbocycles. The number of hydrogen-bond acceptors (Lipinski definition) is 3. The highest BCUT2D eigenvalue weighted by molar-refractivity contribution is 5.85. The Hall–Kier alpha value is -0.320. The van der Waals surface area contributed by atoms with Crippen LogP contribution in [0, 0.1) is 5.92 Å². The van der Waals surface area contributed by atoms with E-state index < -0.39 is 0 Å². The van der Waals surface area contributed by atoms with Crippen molar-refractivity contribution in [2.45, 2.75) is 44.2 Å². The third kappa shape index (κ3) is 4.12. The largest absolute Gasteiger partial charge is 0.381 e. The number of nitrogens with one attached hydrogen (secondary N) is 2. The predicted octanol–water partition coefficient (Wildman–Crippen LogP) is 1.09. The Bertz CT molecular complexity index is 245. The van der Waals surface area contributed by atoms with Crippen molar-refractivity contribution in [3.05, 3.63) is 0 Å². The molecule has 0 aromatic carbocycles. The summed E-state index contributed by atoms with van der Waals surface area (Å²) < 4.78 is 5.30. The summed E-state index contributed by atoms with van der Waals surface area (Å²) in [7, 11) is 1.75. The fraction of sp³-hybridized carbons (Fsp3) is 0.917. The molecule has 5 heteroatoms. The lowest BCUT2D eigenvalue weighted by Gasteiger charge is -2.23. The normalized spacial score (nSPS) is 32.9. The number of ether oxygens (including phenoxy) is 1. The van der Waals surface area contributed by atoms with Gasteiger partial charge < -0.3 is 15.4 Å². The van der Waals surface area contributed by atoms with E-state index in [0.29, 0.717) is 12.1 Å². The Morgan fingerprint density at radius 2 is 2.18 bits per heavy atom. The Morgan fingerprint density at radius 3 is 2.76 bits per heavy atom. The van der Waals surface area contributed by atoms with Crippen LogP contribution in [-0.2, 0) is 9.53 Å². The lowest BCUT2D eigenvalue weighted by molar-refractivity contribution is -0.126. The lowest BCUT2D eigenvalue weighted by atomic mass is 9.98. The molecule has 0 bridgehead atoms. The third-order valence-electron chi connectivity index (χ3n) is 3.73. The maximum Gasteiger partial charge on any atom is 0.224 e. The number of amides is 1. The first-order chi connectivity index (χ1) is 7.79. The minimum absolute atomic E-state index is 0. The number of methoxy groups -OCH3 is 1. The van der Waals surface area contributed by atoms with Gasteiger partial charge in [0.15, 0.2) is 0 Å². The van der Waals surface area contributed by atoms with Gasteiger partial charge in [-0.2, -0.15) is 0 Å². The van der Waals surface area contributed by atoms with Crippen LogP contribution in [-0.4, -0.2) is 38.3 Å². The molecule has 0 spiro atoms. The van der Waals surface area contributed by atoms with Crippen LogP contribution in [0.5, 0.6) is 0 Å². The lowest BCUT2D eigenvalue weighted by Crippen LogP contribution is -2.43. The molecule has 1 heterocycles.